The van der Waals surface area contributed by atoms with Crippen LogP contribution in [0.25, 0.3) is 11.4 Å². The van der Waals surface area contributed by atoms with E-state index in [1.807, 2.05) is 6.92 Å². The van der Waals surface area contributed by atoms with Crippen molar-refractivity contribution in [3.05, 3.63) is 69.4 Å². The Morgan fingerprint density at radius 1 is 1.42 bits per heavy atom. The van der Waals surface area contributed by atoms with Crippen LogP contribution in [0.15, 0.2) is 36.4 Å². The van der Waals surface area contributed by atoms with Crippen molar-refractivity contribution in [2.24, 2.45) is 5.73 Å². The highest BCUT2D eigenvalue weighted by Gasteiger charge is 2.37. The average Bonchev–Trinajstić information content (AvgIpc) is 3.06. The standard InChI is InChI=1S/C19H21F2N7O3/c1-19(11-27(25-31-19)9-17(22)28(29)30)10-26-3-2-16-13(8-26)7-23-18(24-16)12-4-14(20)6-15(21)5-12/h4-7,9,25H,2-3,8,10-11,22H2,1H3/b17-9+/t19-/m0/s1. The average molecular weight is 433 g/mol. The minimum atomic E-state index is -0.676. The van der Waals surface area contributed by atoms with Gasteiger partial charge in [0.05, 0.1) is 12.2 Å². The molecule has 1 fully saturated rings. The van der Waals surface area contributed by atoms with Gasteiger partial charge in [-0.25, -0.2) is 18.7 Å². The molecule has 0 aliphatic carbocycles. The molecule has 164 valence electrons. The number of hydrogen-bond acceptors (Lipinski definition) is 9. The van der Waals surface area contributed by atoms with Crippen LogP contribution in [0, 0.1) is 21.7 Å². The first kappa shape index (κ1) is 21.0. The van der Waals surface area contributed by atoms with E-state index in [-0.39, 0.29) is 5.82 Å². The predicted octanol–water partition coefficient (Wildman–Crippen LogP) is 1.32. The molecule has 2 aliphatic rings. The van der Waals surface area contributed by atoms with Crippen molar-refractivity contribution in [1.29, 1.82) is 0 Å². The zero-order valence-electron chi connectivity index (χ0n) is 16.7. The first-order valence-corrected chi connectivity index (χ1v) is 9.56. The summed E-state index contributed by atoms with van der Waals surface area (Å²) < 4.78 is 27.0. The molecule has 3 heterocycles. The molecule has 10 nitrogen and oxygen atoms in total. The fourth-order valence-electron chi connectivity index (χ4n) is 3.76. The Hall–Kier alpha value is -3.22. The predicted molar refractivity (Wildman–Crippen MR) is 105 cm³/mol. The van der Waals surface area contributed by atoms with Crippen molar-refractivity contribution in [2.45, 2.75) is 25.5 Å². The second kappa shape index (κ2) is 8.13. The van der Waals surface area contributed by atoms with Gasteiger partial charge in [0.15, 0.2) is 5.82 Å². The smallest absolute Gasteiger partial charge is 0.331 e. The Morgan fingerprint density at radius 2 is 2.16 bits per heavy atom. The van der Waals surface area contributed by atoms with Gasteiger partial charge in [-0.2, -0.15) is 0 Å². The normalized spacial score (nSPS) is 21.9. The second-order valence-corrected chi connectivity index (χ2v) is 7.87. The minimum absolute atomic E-state index is 0.284. The minimum Gasteiger partial charge on any atom is -0.358 e. The summed E-state index contributed by atoms with van der Waals surface area (Å²) in [6, 6.07) is 3.22. The molecule has 4 rings (SSSR count). The van der Waals surface area contributed by atoms with Crippen LogP contribution in [0.1, 0.15) is 18.2 Å². The van der Waals surface area contributed by atoms with Crippen LogP contribution in [0.2, 0.25) is 0 Å². The van der Waals surface area contributed by atoms with Gasteiger partial charge in [-0.3, -0.25) is 20.5 Å². The molecule has 0 amide bonds. The zero-order valence-corrected chi connectivity index (χ0v) is 16.7. The second-order valence-electron chi connectivity index (χ2n) is 7.87. The number of hydrazine groups is 1. The van der Waals surface area contributed by atoms with E-state index in [2.05, 4.69) is 20.5 Å². The number of fused-ring (bicyclic) bond motifs is 1. The van der Waals surface area contributed by atoms with E-state index >= 15 is 0 Å². The first-order valence-electron chi connectivity index (χ1n) is 9.56. The third kappa shape index (κ3) is 4.76. The molecular formula is C19H21F2N7O3. The summed E-state index contributed by atoms with van der Waals surface area (Å²) in [5, 5.41) is 12.1. The summed E-state index contributed by atoms with van der Waals surface area (Å²) in [4.78, 5) is 26.6. The number of rotatable bonds is 5. The fraction of sp³-hybridized carbons (Fsp3) is 0.368. The van der Waals surface area contributed by atoms with Crippen molar-refractivity contribution < 1.29 is 18.5 Å². The Bertz CT molecular complexity index is 1030. The number of aromatic nitrogens is 2. The summed E-state index contributed by atoms with van der Waals surface area (Å²) in [6.07, 6.45) is 3.50. The largest absolute Gasteiger partial charge is 0.358 e. The van der Waals surface area contributed by atoms with Crippen molar-refractivity contribution >= 4 is 0 Å². The van der Waals surface area contributed by atoms with Crippen molar-refractivity contribution in [3.8, 4) is 11.4 Å². The zero-order chi connectivity index (χ0) is 22.2. The van der Waals surface area contributed by atoms with E-state index in [0.717, 1.165) is 17.3 Å². The van der Waals surface area contributed by atoms with Gasteiger partial charge >= 0.3 is 5.82 Å². The highest BCUT2D eigenvalue weighted by Crippen LogP contribution is 2.25. The summed E-state index contributed by atoms with van der Waals surface area (Å²) in [7, 11) is 0. The number of nitrogens with two attached hydrogens (primary N) is 1. The van der Waals surface area contributed by atoms with Gasteiger partial charge in [0.1, 0.15) is 23.4 Å². The lowest BCUT2D eigenvalue weighted by molar-refractivity contribution is -0.427. The van der Waals surface area contributed by atoms with Gasteiger partial charge in [-0.1, -0.05) is 0 Å². The van der Waals surface area contributed by atoms with E-state index in [1.54, 1.807) is 6.20 Å². The van der Waals surface area contributed by atoms with Crippen LogP contribution < -0.4 is 11.3 Å². The maximum atomic E-state index is 13.5. The van der Waals surface area contributed by atoms with Crippen molar-refractivity contribution in [2.75, 3.05) is 19.6 Å². The number of nitrogens with zero attached hydrogens (tertiary/aromatic N) is 5. The van der Waals surface area contributed by atoms with Crippen molar-refractivity contribution in [3.63, 3.8) is 0 Å². The van der Waals surface area contributed by atoms with Gasteiger partial charge < -0.3 is 10.1 Å². The number of nitro groups is 1. The molecule has 0 unspecified atom stereocenters. The lowest BCUT2D eigenvalue weighted by Crippen LogP contribution is -2.45. The third-order valence-corrected chi connectivity index (χ3v) is 5.10. The van der Waals surface area contributed by atoms with Crippen LogP contribution in [0.5, 0.6) is 0 Å². The number of hydrogen-bond donors (Lipinski definition) is 2. The maximum Gasteiger partial charge on any atom is 0.331 e. The maximum absolute atomic E-state index is 13.5. The van der Waals surface area contributed by atoms with E-state index in [1.165, 1.54) is 23.3 Å². The molecule has 0 bridgehead atoms. The lowest BCUT2D eigenvalue weighted by Gasteiger charge is -2.33. The van der Waals surface area contributed by atoms with E-state index in [4.69, 9.17) is 10.6 Å². The SMILES string of the molecule is C[C@]1(CN2CCc3nc(-c4cc(F)cc(F)c4)ncc3C2)CN(/C=C(\N)[N+](=O)[O-])NO1. The quantitative estimate of drug-likeness (QED) is 0.531. The fourth-order valence-corrected chi connectivity index (χ4v) is 3.76. The van der Waals surface area contributed by atoms with Gasteiger partial charge in [-0.05, 0) is 24.0 Å². The monoisotopic (exact) mass is 433 g/mol. The molecule has 0 radical (unpaired) electrons. The van der Waals surface area contributed by atoms with Gasteiger partial charge in [0, 0.05) is 49.4 Å². The molecule has 12 heteroatoms. The Balaban J connectivity index is 1.43. The number of nitrogens with one attached hydrogen (secondary N) is 1. The van der Waals surface area contributed by atoms with Crippen molar-refractivity contribution in [1.82, 2.24) is 25.5 Å². The van der Waals surface area contributed by atoms with Crippen LogP contribution in [0.3, 0.4) is 0 Å². The summed E-state index contributed by atoms with van der Waals surface area (Å²) >= 11 is 0. The molecule has 0 spiro atoms. The molecule has 1 atom stereocenters. The molecular weight excluding hydrogens is 412 g/mol. The number of halogens is 2. The molecule has 31 heavy (non-hydrogen) atoms. The molecule has 3 N–H and O–H groups in total. The lowest BCUT2D eigenvalue weighted by atomic mass is 10.0. The van der Waals surface area contributed by atoms with Crippen LogP contribution in [-0.4, -0.2) is 50.0 Å². The van der Waals surface area contributed by atoms with Gasteiger partial charge in [0.2, 0.25) is 0 Å². The van der Waals surface area contributed by atoms with E-state index in [9.17, 15) is 18.9 Å². The molecule has 1 aromatic carbocycles. The summed E-state index contributed by atoms with van der Waals surface area (Å²) in [5.41, 5.74) is 9.43. The molecule has 2 aliphatic heterocycles. The Labute approximate surface area is 176 Å². The summed E-state index contributed by atoms with van der Waals surface area (Å²) in [6.45, 7) is 4.10. The van der Waals surface area contributed by atoms with Gasteiger partial charge in [-0.15, -0.1) is 5.59 Å². The van der Waals surface area contributed by atoms with Crippen LogP contribution >= 0.6 is 0 Å². The molecule has 0 saturated carbocycles. The van der Waals surface area contributed by atoms with Crippen LogP contribution in [0.4, 0.5) is 8.78 Å². The summed E-state index contributed by atoms with van der Waals surface area (Å²) in [5.74, 6) is -1.56. The highest BCUT2D eigenvalue weighted by atomic mass is 19.1. The number of benzene rings is 1. The van der Waals surface area contributed by atoms with Crippen LogP contribution in [-0.2, 0) is 17.8 Å². The molecule has 2 aromatic rings. The Morgan fingerprint density at radius 3 is 2.87 bits per heavy atom. The van der Waals surface area contributed by atoms with E-state index in [0.29, 0.717) is 38.2 Å². The third-order valence-electron chi connectivity index (χ3n) is 5.10. The topological polar surface area (TPSA) is 123 Å². The molecule has 1 saturated heterocycles. The Kier molecular flexibility index (Phi) is 5.52. The van der Waals surface area contributed by atoms with E-state index < -0.39 is 28.0 Å². The van der Waals surface area contributed by atoms with Gasteiger partial charge in [0.25, 0.3) is 0 Å². The first-order chi connectivity index (χ1) is 14.7. The molecule has 1 aromatic heterocycles. The highest BCUT2D eigenvalue weighted by molar-refractivity contribution is 5.55.